The molecule has 3 rings (SSSR count). The zero-order chi connectivity index (χ0) is 12.5. The van der Waals surface area contributed by atoms with Crippen LogP contribution in [0.2, 0.25) is 10.0 Å². The van der Waals surface area contributed by atoms with Crippen LogP contribution in [-0.4, -0.2) is 11.0 Å². The predicted octanol–water partition coefficient (Wildman–Crippen LogP) is 3.90. The molecule has 0 atom stereocenters. The molecule has 0 saturated heterocycles. The molecule has 1 heterocycles. The highest BCUT2D eigenvalue weighted by Crippen LogP contribution is 2.33. The first-order valence-corrected chi connectivity index (χ1v) is 6.62. The van der Waals surface area contributed by atoms with Gasteiger partial charge in [0.25, 0.3) is 0 Å². The highest BCUT2D eigenvalue weighted by atomic mass is 35.5. The Kier molecular flexibility index (Phi) is 3.29. The lowest BCUT2D eigenvalue weighted by Crippen LogP contribution is -2.15. The van der Waals surface area contributed by atoms with Crippen molar-refractivity contribution in [3.8, 4) is 11.5 Å². The van der Waals surface area contributed by atoms with Crippen molar-refractivity contribution in [3.63, 3.8) is 0 Å². The number of nitrogens with zero attached hydrogens (tertiary/aromatic N) is 1. The van der Waals surface area contributed by atoms with E-state index in [-0.39, 0.29) is 0 Å². The third kappa shape index (κ3) is 2.53. The molecule has 5 heteroatoms. The Hall–Kier alpha value is -1.03. The van der Waals surface area contributed by atoms with Gasteiger partial charge in [-0.2, -0.15) is 0 Å². The zero-order valence-electron chi connectivity index (χ0n) is 9.62. The molecule has 18 heavy (non-hydrogen) atoms. The smallest absolute Gasteiger partial charge is 0.229 e. The van der Waals surface area contributed by atoms with Crippen LogP contribution < -0.4 is 5.32 Å². The van der Waals surface area contributed by atoms with Gasteiger partial charge < -0.3 is 9.73 Å². The molecule has 1 aliphatic carbocycles. The van der Waals surface area contributed by atoms with Gasteiger partial charge in [0.2, 0.25) is 5.89 Å². The molecule has 1 aromatic carbocycles. The molecule has 0 spiro atoms. The van der Waals surface area contributed by atoms with Gasteiger partial charge in [0.1, 0.15) is 6.26 Å². The third-order valence-electron chi connectivity index (χ3n) is 2.88. The molecule has 0 aliphatic heterocycles. The van der Waals surface area contributed by atoms with E-state index in [1.54, 1.807) is 24.5 Å². The Morgan fingerprint density at radius 2 is 2.00 bits per heavy atom. The lowest BCUT2D eigenvalue weighted by molar-refractivity contribution is 0.570. The van der Waals surface area contributed by atoms with Crippen molar-refractivity contribution >= 4 is 23.2 Å². The zero-order valence-corrected chi connectivity index (χ0v) is 11.1. The number of oxazole rings is 1. The maximum absolute atomic E-state index is 6.11. The van der Waals surface area contributed by atoms with Gasteiger partial charge >= 0.3 is 0 Å². The fourth-order valence-electron chi connectivity index (χ4n) is 1.74. The molecule has 94 valence electrons. The number of aromatic nitrogens is 1. The average molecular weight is 283 g/mol. The second-order valence-electron chi connectivity index (χ2n) is 4.40. The van der Waals surface area contributed by atoms with Crippen molar-refractivity contribution in [1.29, 1.82) is 0 Å². The van der Waals surface area contributed by atoms with Crippen LogP contribution in [0.5, 0.6) is 0 Å². The van der Waals surface area contributed by atoms with Crippen LogP contribution in [0, 0.1) is 0 Å². The first-order chi connectivity index (χ1) is 8.74. The van der Waals surface area contributed by atoms with Crippen molar-refractivity contribution in [3.05, 3.63) is 40.2 Å². The number of benzene rings is 1. The van der Waals surface area contributed by atoms with Gasteiger partial charge in [0.15, 0.2) is 0 Å². The van der Waals surface area contributed by atoms with Crippen molar-refractivity contribution in [1.82, 2.24) is 10.3 Å². The first-order valence-electron chi connectivity index (χ1n) is 5.86. The SMILES string of the molecule is Clc1cccc(Cl)c1-c1nc(CNC2CC2)co1. The number of hydrogen-bond donors (Lipinski definition) is 1. The summed E-state index contributed by atoms with van der Waals surface area (Å²) >= 11 is 12.2. The van der Waals surface area contributed by atoms with Crippen molar-refractivity contribution in [2.24, 2.45) is 0 Å². The van der Waals surface area contributed by atoms with E-state index in [4.69, 9.17) is 27.6 Å². The minimum absolute atomic E-state index is 0.471. The topological polar surface area (TPSA) is 38.1 Å². The standard InChI is InChI=1S/C13H12Cl2N2O/c14-10-2-1-3-11(15)12(10)13-17-9(7-18-13)6-16-8-4-5-8/h1-3,7-8,16H,4-6H2. The van der Waals surface area contributed by atoms with E-state index in [0.717, 1.165) is 12.2 Å². The van der Waals surface area contributed by atoms with Crippen molar-refractivity contribution in [2.45, 2.75) is 25.4 Å². The summed E-state index contributed by atoms with van der Waals surface area (Å²) in [5, 5.41) is 4.47. The normalized spacial score (nSPS) is 15.0. The number of rotatable bonds is 4. The summed E-state index contributed by atoms with van der Waals surface area (Å²) in [4.78, 5) is 4.40. The van der Waals surface area contributed by atoms with Crippen LogP contribution in [0.3, 0.4) is 0 Å². The highest BCUT2D eigenvalue weighted by Gasteiger charge is 2.21. The van der Waals surface area contributed by atoms with E-state index < -0.39 is 0 Å². The van der Waals surface area contributed by atoms with E-state index in [1.807, 2.05) is 0 Å². The Bertz CT molecular complexity index is 544. The fraction of sp³-hybridized carbons (Fsp3) is 0.308. The molecule has 0 bridgehead atoms. The monoisotopic (exact) mass is 282 g/mol. The van der Waals surface area contributed by atoms with Gasteiger partial charge in [-0.15, -0.1) is 0 Å². The maximum Gasteiger partial charge on any atom is 0.229 e. The van der Waals surface area contributed by atoms with Gasteiger partial charge in [-0.05, 0) is 25.0 Å². The van der Waals surface area contributed by atoms with E-state index in [0.29, 0.717) is 27.5 Å². The van der Waals surface area contributed by atoms with E-state index in [9.17, 15) is 0 Å². The van der Waals surface area contributed by atoms with Crippen molar-refractivity contribution < 1.29 is 4.42 Å². The summed E-state index contributed by atoms with van der Waals surface area (Å²) < 4.78 is 5.45. The van der Waals surface area contributed by atoms with Gasteiger partial charge in [0, 0.05) is 12.6 Å². The van der Waals surface area contributed by atoms with Crippen molar-refractivity contribution in [2.75, 3.05) is 0 Å². The van der Waals surface area contributed by atoms with Gasteiger partial charge in [-0.25, -0.2) is 4.98 Å². The molecule has 0 unspecified atom stereocenters. The van der Waals surface area contributed by atoms with E-state index in [1.165, 1.54) is 12.8 Å². The lowest BCUT2D eigenvalue weighted by Gasteiger charge is -2.01. The minimum Gasteiger partial charge on any atom is -0.444 e. The summed E-state index contributed by atoms with van der Waals surface area (Å²) in [5.74, 6) is 0.471. The van der Waals surface area contributed by atoms with E-state index in [2.05, 4.69) is 10.3 Å². The third-order valence-corrected chi connectivity index (χ3v) is 3.51. The summed E-state index contributed by atoms with van der Waals surface area (Å²) in [5.41, 5.74) is 1.52. The summed E-state index contributed by atoms with van der Waals surface area (Å²) in [6, 6.07) is 5.99. The second-order valence-corrected chi connectivity index (χ2v) is 5.21. The maximum atomic E-state index is 6.11. The second kappa shape index (κ2) is 4.92. The molecule has 2 aromatic rings. The Morgan fingerprint density at radius 1 is 1.28 bits per heavy atom. The van der Waals surface area contributed by atoms with Crippen LogP contribution in [0.15, 0.2) is 28.9 Å². The number of halogens is 2. The molecule has 0 amide bonds. The molecule has 1 N–H and O–H groups in total. The van der Waals surface area contributed by atoms with Crippen LogP contribution in [0.25, 0.3) is 11.5 Å². The van der Waals surface area contributed by atoms with Gasteiger partial charge in [0.05, 0.1) is 21.3 Å². The lowest BCUT2D eigenvalue weighted by atomic mass is 10.2. The molecule has 1 aliphatic rings. The van der Waals surface area contributed by atoms with Crippen LogP contribution in [0.1, 0.15) is 18.5 Å². The van der Waals surface area contributed by atoms with Gasteiger partial charge in [-0.1, -0.05) is 29.3 Å². The van der Waals surface area contributed by atoms with E-state index >= 15 is 0 Å². The quantitative estimate of drug-likeness (QED) is 0.924. The minimum atomic E-state index is 0.471. The summed E-state index contributed by atoms with van der Waals surface area (Å²) in [6.45, 7) is 0.718. The molecule has 0 radical (unpaired) electrons. The van der Waals surface area contributed by atoms with Crippen LogP contribution >= 0.6 is 23.2 Å². The summed E-state index contributed by atoms with van der Waals surface area (Å²) in [6.07, 6.45) is 4.15. The Balaban J connectivity index is 1.83. The molecular weight excluding hydrogens is 271 g/mol. The fourth-order valence-corrected chi connectivity index (χ4v) is 2.30. The molecule has 3 nitrogen and oxygen atoms in total. The highest BCUT2D eigenvalue weighted by molar-refractivity contribution is 6.38. The van der Waals surface area contributed by atoms with Crippen LogP contribution in [0.4, 0.5) is 0 Å². The molecule has 1 aromatic heterocycles. The number of hydrogen-bond acceptors (Lipinski definition) is 3. The van der Waals surface area contributed by atoms with Gasteiger partial charge in [-0.3, -0.25) is 0 Å². The predicted molar refractivity (Wildman–Crippen MR) is 71.8 cm³/mol. The Labute approximate surface area is 115 Å². The first kappa shape index (κ1) is 12.0. The summed E-state index contributed by atoms with van der Waals surface area (Å²) in [7, 11) is 0. The molecule has 1 saturated carbocycles. The van der Waals surface area contributed by atoms with Crippen LogP contribution in [-0.2, 0) is 6.54 Å². The number of nitrogens with one attached hydrogen (secondary N) is 1. The Morgan fingerprint density at radius 3 is 2.67 bits per heavy atom. The average Bonchev–Trinajstić information content (AvgIpc) is 3.06. The largest absolute Gasteiger partial charge is 0.444 e. The molecule has 1 fully saturated rings. The molecular formula is C13H12Cl2N2O.